The van der Waals surface area contributed by atoms with Gasteiger partial charge in [0.15, 0.2) is 0 Å². The van der Waals surface area contributed by atoms with Gasteiger partial charge in [-0.2, -0.15) is 0 Å². The summed E-state index contributed by atoms with van der Waals surface area (Å²) in [5.74, 6) is -0.348. The molecule has 3 aromatic rings. The van der Waals surface area contributed by atoms with Crippen molar-refractivity contribution in [1.82, 2.24) is 14.5 Å². The van der Waals surface area contributed by atoms with Crippen molar-refractivity contribution in [2.45, 2.75) is 12.6 Å². The lowest BCUT2D eigenvalue weighted by Gasteiger charge is -2.25. The zero-order chi connectivity index (χ0) is 17.3. The molecule has 5 nitrogen and oxygen atoms in total. The molecule has 6 heteroatoms. The third kappa shape index (κ3) is 3.00. The number of hydrogen-bond acceptors (Lipinski definition) is 3. The van der Waals surface area contributed by atoms with Crippen molar-refractivity contribution in [2.24, 2.45) is 0 Å². The van der Waals surface area contributed by atoms with Crippen molar-refractivity contribution in [3.05, 3.63) is 80.7 Å². The van der Waals surface area contributed by atoms with Crippen LogP contribution in [0.25, 0.3) is 10.9 Å². The molecule has 1 heterocycles. The summed E-state index contributed by atoms with van der Waals surface area (Å²) in [6.45, 7) is 0.134. The fourth-order valence-electron chi connectivity index (χ4n) is 2.82. The SMILES string of the molecule is CN(C)[C@H](Cn1c(=O)[nH]c2ccccc2c1=O)c1cccc(F)c1. The van der Waals surface area contributed by atoms with E-state index in [1.807, 2.05) is 19.0 Å². The molecular formula is C18H18FN3O2. The van der Waals surface area contributed by atoms with E-state index in [1.54, 1.807) is 36.4 Å². The molecule has 0 aliphatic heterocycles. The lowest BCUT2D eigenvalue weighted by Crippen LogP contribution is -2.39. The van der Waals surface area contributed by atoms with E-state index in [-0.39, 0.29) is 24.0 Å². The van der Waals surface area contributed by atoms with Gasteiger partial charge in [0.2, 0.25) is 0 Å². The molecule has 1 aromatic heterocycles. The highest BCUT2D eigenvalue weighted by molar-refractivity contribution is 5.76. The summed E-state index contributed by atoms with van der Waals surface area (Å²) >= 11 is 0. The van der Waals surface area contributed by atoms with Crippen molar-refractivity contribution >= 4 is 10.9 Å². The second kappa shape index (κ2) is 6.41. The average molecular weight is 327 g/mol. The quantitative estimate of drug-likeness (QED) is 0.799. The normalized spacial score (nSPS) is 12.7. The Morgan fingerprint density at radius 3 is 2.58 bits per heavy atom. The smallest absolute Gasteiger partial charge is 0.307 e. The van der Waals surface area contributed by atoms with Crippen molar-refractivity contribution in [3.8, 4) is 0 Å². The van der Waals surface area contributed by atoms with Gasteiger partial charge in [0, 0.05) is 0 Å². The first-order valence-electron chi connectivity index (χ1n) is 7.61. The predicted molar refractivity (Wildman–Crippen MR) is 91.7 cm³/mol. The van der Waals surface area contributed by atoms with Crippen LogP contribution >= 0.6 is 0 Å². The monoisotopic (exact) mass is 327 g/mol. The number of rotatable bonds is 4. The second-order valence-electron chi connectivity index (χ2n) is 5.93. The van der Waals surface area contributed by atoms with E-state index in [2.05, 4.69) is 4.98 Å². The molecule has 24 heavy (non-hydrogen) atoms. The molecule has 0 aliphatic carbocycles. The zero-order valence-electron chi connectivity index (χ0n) is 13.5. The van der Waals surface area contributed by atoms with Crippen molar-refractivity contribution in [3.63, 3.8) is 0 Å². The number of halogens is 1. The number of benzene rings is 2. The van der Waals surface area contributed by atoms with Gasteiger partial charge >= 0.3 is 5.69 Å². The fraction of sp³-hybridized carbons (Fsp3) is 0.222. The second-order valence-corrected chi connectivity index (χ2v) is 5.93. The van der Waals surface area contributed by atoms with Gasteiger partial charge in [-0.05, 0) is 43.9 Å². The Morgan fingerprint density at radius 1 is 1.12 bits per heavy atom. The van der Waals surface area contributed by atoms with Crippen molar-refractivity contribution in [2.75, 3.05) is 14.1 Å². The number of nitrogens with one attached hydrogen (secondary N) is 1. The Balaban J connectivity index is 2.10. The number of H-pyrrole nitrogens is 1. The van der Waals surface area contributed by atoms with Gasteiger partial charge in [0.05, 0.1) is 23.5 Å². The molecule has 2 aromatic carbocycles. The predicted octanol–water partition coefficient (Wildman–Crippen LogP) is 2.13. The highest BCUT2D eigenvalue weighted by Gasteiger charge is 2.18. The van der Waals surface area contributed by atoms with Gasteiger partial charge in [-0.3, -0.25) is 9.36 Å². The topological polar surface area (TPSA) is 58.1 Å². The zero-order valence-corrected chi connectivity index (χ0v) is 13.5. The molecule has 124 valence electrons. The summed E-state index contributed by atoms with van der Waals surface area (Å²) in [4.78, 5) is 29.6. The lowest BCUT2D eigenvalue weighted by atomic mass is 10.1. The van der Waals surface area contributed by atoms with Gasteiger partial charge in [-0.15, -0.1) is 0 Å². The van der Waals surface area contributed by atoms with Gasteiger partial charge in [0.1, 0.15) is 5.82 Å². The minimum Gasteiger partial charge on any atom is -0.307 e. The molecule has 0 saturated carbocycles. The summed E-state index contributed by atoms with van der Waals surface area (Å²) < 4.78 is 14.7. The van der Waals surface area contributed by atoms with Crippen LogP contribution in [-0.2, 0) is 6.54 Å². The first-order valence-corrected chi connectivity index (χ1v) is 7.61. The van der Waals surface area contributed by atoms with E-state index in [0.29, 0.717) is 16.5 Å². The fourth-order valence-corrected chi connectivity index (χ4v) is 2.82. The summed E-state index contributed by atoms with van der Waals surface area (Å²) in [6.07, 6.45) is 0. The molecule has 3 rings (SSSR count). The summed E-state index contributed by atoms with van der Waals surface area (Å²) in [6, 6.07) is 12.8. The van der Waals surface area contributed by atoms with Crippen LogP contribution in [0.4, 0.5) is 4.39 Å². The molecule has 1 N–H and O–H groups in total. The summed E-state index contributed by atoms with van der Waals surface area (Å²) in [5, 5.41) is 0.453. The third-order valence-corrected chi connectivity index (χ3v) is 4.10. The molecular weight excluding hydrogens is 309 g/mol. The molecule has 0 fully saturated rings. The van der Waals surface area contributed by atoms with E-state index >= 15 is 0 Å². The van der Waals surface area contributed by atoms with Crippen LogP contribution < -0.4 is 11.2 Å². The highest BCUT2D eigenvalue weighted by Crippen LogP contribution is 2.20. The number of hydrogen-bond donors (Lipinski definition) is 1. The van der Waals surface area contributed by atoms with Crippen molar-refractivity contribution in [1.29, 1.82) is 0 Å². The Morgan fingerprint density at radius 2 is 1.88 bits per heavy atom. The van der Waals surface area contributed by atoms with Crippen LogP contribution in [-0.4, -0.2) is 28.5 Å². The van der Waals surface area contributed by atoms with Gasteiger partial charge in [0.25, 0.3) is 5.56 Å². The van der Waals surface area contributed by atoms with E-state index in [0.717, 1.165) is 4.57 Å². The van der Waals surface area contributed by atoms with E-state index in [9.17, 15) is 14.0 Å². The number of aromatic nitrogens is 2. The molecule has 0 spiro atoms. The standard InChI is InChI=1S/C18H18FN3O2/c1-21(2)16(12-6-5-7-13(19)10-12)11-22-17(23)14-8-3-4-9-15(14)20-18(22)24/h3-10,16H,11H2,1-2H3,(H,20,24)/t16-/m1/s1. The molecule has 0 unspecified atom stereocenters. The lowest BCUT2D eigenvalue weighted by molar-refractivity contribution is 0.263. The molecule has 0 saturated heterocycles. The van der Waals surface area contributed by atoms with E-state index in [4.69, 9.17) is 0 Å². The number of fused-ring (bicyclic) bond motifs is 1. The van der Waals surface area contributed by atoms with Gasteiger partial charge < -0.3 is 9.88 Å². The van der Waals surface area contributed by atoms with Gasteiger partial charge in [-0.25, -0.2) is 9.18 Å². The largest absolute Gasteiger partial charge is 0.328 e. The minimum atomic E-state index is -0.470. The maximum absolute atomic E-state index is 13.5. The number of para-hydroxylation sites is 1. The Kier molecular flexibility index (Phi) is 4.31. The van der Waals surface area contributed by atoms with E-state index < -0.39 is 5.69 Å². The third-order valence-electron chi connectivity index (χ3n) is 4.10. The number of nitrogens with zero attached hydrogens (tertiary/aromatic N) is 2. The van der Waals surface area contributed by atoms with Gasteiger partial charge in [-0.1, -0.05) is 24.3 Å². The van der Waals surface area contributed by atoms with Crippen molar-refractivity contribution < 1.29 is 4.39 Å². The Bertz CT molecular complexity index is 991. The molecule has 0 amide bonds. The molecule has 0 aliphatic rings. The maximum Gasteiger partial charge on any atom is 0.328 e. The van der Waals surface area contributed by atoms with Crippen LogP contribution in [0, 0.1) is 5.82 Å². The van der Waals surface area contributed by atoms with Crippen LogP contribution in [0.1, 0.15) is 11.6 Å². The van der Waals surface area contributed by atoms with Crippen LogP contribution in [0.15, 0.2) is 58.1 Å². The number of aromatic amines is 1. The molecule has 1 atom stereocenters. The van der Waals surface area contributed by atoms with E-state index in [1.165, 1.54) is 12.1 Å². The first-order chi connectivity index (χ1) is 11.5. The van der Waals surface area contributed by atoms with Crippen LogP contribution in [0.2, 0.25) is 0 Å². The molecule has 0 bridgehead atoms. The highest BCUT2D eigenvalue weighted by atomic mass is 19.1. The maximum atomic E-state index is 13.5. The number of likely N-dealkylation sites (N-methyl/N-ethyl adjacent to an activating group) is 1. The first kappa shape index (κ1) is 16.1. The van der Waals surface area contributed by atoms with Crippen LogP contribution in [0.3, 0.4) is 0 Å². The Hall–Kier alpha value is -2.73. The summed E-state index contributed by atoms with van der Waals surface area (Å²) in [7, 11) is 3.66. The average Bonchev–Trinajstić information content (AvgIpc) is 2.54. The Labute approximate surface area is 138 Å². The minimum absolute atomic E-state index is 0.134. The summed E-state index contributed by atoms with van der Waals surface area (Å²) in [5.41, 5.74) is 0.398. The molecule has 0 radical (unpaired) electrons. The van der Waals surface area contributed by atoms with Crippen LogP contribution in [0.5, 0.6) is 0 Å².